The summed E-state index contributed by atoms with van der Waals surface area (Å²) in [5, 5.41) is 6.63. The van der Waals surface area contributed by atoms with Gasteiger partial charge in [0, 0.05) is 11.4 Å². The number of hydrogen-bond donors (Lipinski definition) is 2. The molecule has 0 aliphatic rings. The summed E-state index contributed by atoms with van der Waals surface area (Å²) < 4.78 is 0. The zero-order valence-electron chi connectivity index (χ0n) is 10.3. The number of urea groups is 1. The van der Waals surface area contributed by atoms with E-state index >= 15 is 0 Å². The second-order valence-electron chi connectivity index (χ2n) is 3.40. The molecule has 2 N–H and O–H groups in total. The number of thioether (sulfide) groups is 1. The third-order valence-electron chi connectivity index (χ3n) is 2.17. The molecule has 1 rings (SSSR count). The predicted molar refractivity (Wildman–Crippen MR) is 72.6 cm³/mol. The zero-order valence-corrected chi connectivity index (χ0v) is 11.1. The molecule has 17 heavy (non-hydrogen) atoms. The first-order valence-electron chi connectivity index (χ1n) is 5.40. The number of benzene rings is 1. The van der Waals surface area contributed by atoms with Crippen molar-refractivity contribution in [2.24, 2.45) is 5.10 Å². The normalized spacial score (nSPS) is 11.1. The summed E-state index contributed by atoms with van der Waals surface area (Å²) in [5.41, 5.74) is 4.22. The molecule has 0 spiro atoms. The molecule has 0 bridgehead atoms. The molecule has 5 heteroatoms. The van der Waals surface area contributed by atoms with E-state index in [9.17, 15) is 4.79 Å². The molecule has 0 aromatic heterocycles. The first-order chi connectivity index (χ1) is 8.17. The van der Waals surface area contributed by atoms with Gasteiger partial charge in [-0.15, -0.1) is 11.8 Å². The Morgan fingerprint density at radius 1 is 1.35 bits per heavy atom. The summed E-state index contributed by atoms with van der Waals surface area (Å²) in [6, 6.07) is 7.76. The lowest BCUT2D eigenvalue weighted by Crippen LogP contribution is -2.32. The van der Waals surface area contributed by atoms with Gasteiger partial charge in [-0.05, 0) is 37.8 Å². The van der Waals surface area contributed by atoms with E-state index in [0.29, 0.717) is 6.54 Å². The first-order valence-corrected chi connectivity index (χ1v) is 6.62. The topological polar surface area (TPSA) is 53.5 Å². The number of amides is 2. The lowest BCUT2D eigenvalue weighted by atomic mass is 10.1. The number of rotatable bonds is 4. The van der Waals surface area contributed by atoms with Gasteiger partial charge in [-0.25, -0.2) is 10.2 Å². The second-order valence-corrected chi connectivity index (χ2v) is 4.28. The van der Waals surface area contributed by atoms with Crippen molar-refractivity contribution >= 4 is 23.5 Å². The Labute approximate surface area is 106 Å². The van der Waals surface area contributed by atoms with Gasteiger partial charge >= 0.3 is 6.03 Å². The minimum atomic E-state index is -0.285. The van der Waals surface area contributed by atoms with Crippen molar-refractivity contribution < 1.29 is 4.79 Å². The van der Waals surface area contributed by atoms with Crippen LogP contribution >= 0.6 is 11.8 Å². The number of nitrogens with one attached hydrogen (secondary N) is 2. The second kappa shape index (κ2) is 6.96. The van der Waals surface area contributed by atoms with Crippen LogP contribution in [0.4, 0.5) is 4.79 Å². The zero-order chi connectivity index (χ0) is 12.7. The summed E-state index contributed by atoms with van der Waals surface area (Å²) >= 11 is 1.69. The summed E-state index contributed by atoms with van der Waals surface area (Å²) in [5.74, 6) is 0. The standard InChI is InChI=1S/C12H17N3OS/c1-4-13-12(16)15-14-9(2)10-5-7-11(17-3)8-6-10/h5-8H,4H2,1-3H3,(H2,13,15,16). The van der Waals surface area contributed by atoms with Gasteiger partial charge in [0.25, 0.3) is 0 Å². The van der Waals surface area contributed by atoms with Crippen LogP contribution in [0.15, 0.2) is 34.3 Å². The monoisotopic (exact) mass is 251 g/mol. The Hall–Kier alpha value is -1.49. The maximum absolute atomic E-state index is 11.1. The lowest BCUT2D eigenvalue weighted by Gasteiger charge is -2.04. The average molecular weight is 251 g/mol. The van der Waals surface area contributed by atoms with Crippen LogP contribution in [0.2, 0.25) is 0 Å². The van der Waals surface area contributed by atoms with Crippen LogP contribution in [0.3, 0.4) is 0 Å². The Bertz CT molecular complexity index is 401. The van der Waals surface area contributed by atoms with E-state index in [-0.39, 0.29) is 6.03 Å². The van der Waals surface area contributed by atoms with Crippen molar-refractivity contribution in [3.05, 3.63) is 29.8 Å². The van der Waals surface area contributed by atoms with Crippen LogP contribution in [0.1, 0.15) is 19.4 Å². The molecule has 2 amide bonds. The van der Waals surface area contributed by atoms with E-state index in [1.807, 2.05) is 44.4 Å². The molecule has 0 atom stereocenters. The van der Waals surface area contributed by atoms with Crippen molar-refractivity contribution in [1.82, 2.24) is 10.7 Å². The molecule has 0 heterocycles. The molecule has 0 aliphatic heterocycles. The number of hydrogen-bond acceptors (Lipinski definition) is 3. The molecular weight excluding hydrogens is 234 g/mol. The predicted octanol–water partition coefficient (Wildman–Crippen LogP) is 2.45. The lowest BCUT2D eigenvalue weighted by molar-refractivity contribution is 0.242. The van der Waals surface area contributed by atoms with Gasteiger partial charge in [0.1, 0.15) is 0 Å². The smallest absolute Gasteiger partial charge is 0.335 e. The summed E-state index contributed by atoms with van der Waals surface area (Å²) in [6.07, 6.45) is 2.03. The highest BCUT2D eigenvalue weighted by atomic mass is 32.2. The van der Waals surface area contributed by atoms with Crippen LogP contribution in [0.25, 0.3) is 0 Å². The minimum Gasteiger partial charge on any atom is -0.337 e. The Morgan fingerprint density at radius 3 is 2.53 bits per heavy atom. The molecule has 1 aromatic rings. The molecular formula is C12H17N3OS. The number of carbonyl (C=O) groups excluding carboxylic acids is 1. The quantitative estimate of drug-likeness (QED) is 0.490. The first kappa shape index (κ1) is 13.6. The van der Waals surface area contributed by atoms with Crippen LogP contribution in [-0.4, -0.2) is 24.5 Å². The van der Waals surface area contributed by atoms with Gasteiger partial charge in [-0.2, -0.15) is 5.10 Å². The van der Waals surface area contributed by atoms with E-state index in [0.717, 1.165) is 11.3 Å². The van der Waals surface area contributed by atoms with E-state index in [4.69, 9.17) is 0 Å². The Kier molecular flexibility index (Phi) is 5.56. The fraction of sp³-hybridized carbons (Fsp3) is 0.333. The highest BCUT2D eigenvalue weighted by Gasteiger charge is 1.99. The molecule has 0 aliphatic carbocycles. The molecule has 0 radical (unpaired) electrons. The maximum Gasteiger partial charge on any atom is 0.335 e. The van der Waals surface area contributed by atoms with Gasteiger partial charge in [0.2, 0.25) is 0 Å². The average Bonchev–Trinajstić information content (AvgIpc) is 2.36. The molecule has 0 saturated carbocycles. The highest BCUT2D eigenvalue weighted by Crippen LogP contribution is 2.15. The third kappa shape index (κ3) is 4.48. The van der Waals surface area contributed by atoms with Crippen molar-refractivity contribution in [2.45, 2.75) is 18.7 Å². The Morgan fingerprint density at radius 2 is 2.00 bits per heavy atom. The molecule has 1 aromatic carbocycles. The van der Waals surface area contributed by atoms with Crippen LogP contribution in [0.5, 0.6) is 0 Å². The van der Waals surface area contributed by atoms with Crippen molar-refractivity contribution in [3.63, 3.8) is 0 Å². The minimum absolute atomic E-state index is 0.285. The number of carbonyl (C=O) groups is 1. The highest BCUT2D eigenvalue weighted by molar-refractivity contribution is 7.98. The fourth-order valence-corrected chi connectivity index (χ4v) is 1.64. The molecule has 92 valence electrons. The van der Waals surface area contributed by atoms with E-state index in [2.05, 4.69) is 15.8 Å². The fourth-order valence-electron chi connectivity index (χ4n) is 1.23. The van der Waals surface area contributed by atoms with Crippen LogP contribution < -0.4 is 10.7 Å². The number of hydrazone groups is 1. The molecule has 0 saturated heterocycles. The van der Waals surface area contributed by atoms with E-state index in [1.54, 1.807) is 11.8 Å². The molecule has 0 unspecified atom stereocenters. The van der Waals surface area contributed by atoms with Gasteiger partial charge in [0.05, 0.1) is 5.71 Å². The molecule has 4 nitrogen and oxygen atoms in total. The Balaban J connectivity index is 2.64. The van der Waals surface area contributed by atoms with E-state index in [1.165, 1.54) is 4.90 Å². The van der Waals surface area contributed by atoms with Crippen molar-refractivity contribution in [1.29, 1.82) is 0 Å². The largest absolute Gasteiger partial charge is 0.337 e. The van der Waals surface area contributed by atoms with Crippen molar-refractivity contribution in [3.8, 4) is 0 Å². The van der Waals surface area contributed by atoms with Gasteiger partial charge in [-0.1, -0.05) is 12.1 Å². The third-order valence-corrected chi connectivity index (χ3v) is 2.91. The van der Waals surface area contributed by atoms with Crippen LogP contribution in [-0.2, 0) is 0 Å². The van der Waals surface area contributed by atoms with E-state index < -0.39 is 0 Å². The summed E-state index contributed by atoms with van der Waals surface area (Å²) in [6.45, 7) is 4.31. The van der Waals surface area contributed by atoms with Gasteiger partial charge in [0.15, 0.2) is 0 Å². The number of nitrogens with zero attached hydrogens (tertiary/aromatic N) is 1. The van der Waals surface area contributed by atoms with Gasteiger partial charge in [-0.3, -0.25) is 0 Å². The SMILES string of the molecule is CCNC(=O)NN=C(C)c1ccc(SC)cc1. The van der Waals surface area contributed by atoms with Crippen molar-refractivity contribution in [2.75, 3.05) is 12.8 Å². The molecule has 0 fully saturated rings. The van der Waals surface area contributed by atoms with Gasteiger partial charge < -0.3 is 5.32 Å². The summed E-state index contributed by atoms with van der Waals surface area (Å²) in [7, 11) is 0. The van der Waals surface area contributed by atoms with Crippen LogP contribution in [0, 0.1) is 0 Å². The summed E-state index contributed by atoms with van der Waals surface area (Å²) in [4.78, 5) is 12.4. The maximum atomic E-state index is 11.1.